The van der Waals surface area contributed by atoms with Crippen molar-refractivity contribution in [2.45, 2.75) is 25.7 Å². The molecule has 0 amide bonds. The van der Waals surface area contributed by atoms with Crippen LogP contribution in [0.3, 0.4) is 0 Å². The van der Waals surface area contributed by atoms with Gasteiger partial charge in [0.25, 0.3) is 0 Å². The van der Waals surface area contributed by atoms with E-state index in [1.807, 2.05) is 121 Å². The fourth-order valence-corrected chi connectivity index (χ4v) is 6.56. The van der Waals surface area contributed by atoms with E-state index in [4.69, 9.17) is 0 Å². The third-order valence-electron chi connectivity index (χ3n) is 6.60. The fourth-order valence-electron chi connectivity index (χ4n) is 3.91. The van der Waals surface area contributed by atoms with Crippen LogP contribution in [0.25, 0.3) is 0 Å². The first-order chi connectivity index (χ1) is 22.3. The van der Waals surface area contributed by atoms with Gasteiger partial charge in [-0.15, -0.1) is 0 Å². The van der Waals surface area contributed by atoms with Gasteiger partial charge < -0.3 is 37.8 Å². The maximum absolute atomic E-state index is 10.8. The first-order valence-electron chi connectivity index (χ1n) is 15.6. The van der Waals surface area contributed by atoms with Crippen LogP contribution < -0.4 is 19.6 Å². The van der Waals surface area contributed by atoms with Gasteiger partial charge in [0.15, 0.2) is 0 Å². The van der Waals surface area contributed by atoms with E-state index in [1.54, 1.807) is 0 Å². The van der Waals surface area contributed by atoms with E-state index in [9.17, 15) is 37.8 Å². The predicted molar refractivity (Wildman–Crippen MR) is 200 cm³/mol. The van der Waals surface area contributed by atoms with Crippen molar-refractivity contribution in [3.05, 3.63) is 144 Å². The van der Waals surface area contributed by atoms with Gasteiger partial charge in [-0.25, -0.2) is 0 Å². The fraction of sp³-hybridized carbons (Fsp3) is 0.333. The second-order valence-corrected chi connectivity index (χ2v) is 21.8. The Balaban J connectivity index is 0. The molecule has 0 aliphatic heterocycles. The maximum atomic E-state index is 10.8. The van der Waals surface area contributed by atoms with Gasteiger partial charge in [0.2, 0.25) is 0 Å². The minimum absolute atomic E-state index is 0. The molecule has 264 valence electrons. The maximum Gasteiger partial charge on any atom is 2.00 e. The molecular weight excluding hydrogens is 774 g/mol. The number of rotatable bonds is 12. The van der Waals surface area contributed by atoms with Crippen molar-refractivity contribution in [3.8, 4) is 0 Å². The first-order valence-corrected chi connectivity index (χ1v) is 24.6. The molecular formula is C36H48MgO8P4Zn. The summed E-state index contributed by atoms with van der Waals surface area (Å²) in [6.07, 6.45) is 3.54. The van der Waals surface area contributed by atoms with E-state index < -0.39 is 29.5 Å². The zero-order valence-electron chi connectivity index (χ0n) is 29.7. The Hall–Kier alpha value is -0.970. The molecule has 0 fully saturated rings. The van der Waals surface area contributed by atoms with Crippen molar-refractivity contribution in [2.75, 3.05) is 51.3 Å². The molecule has 0 saturated carbocycles. The number of aryl methyl sites for hydroxylation is 4. The van der Waals surface area contributed by atoms with Crippen molar-refractivity contribution < 1.29 is 57.3 Å². The van der Waals surface area contributed by atoms with E-state index in [0.717, 1.165) is 22.3 Å². The Morgan fingerprint density at radius 3 is 0.620 bits per heavy atom. The molecule has 8 nitrogen and oxygen atoms in total. The molecule has 0 heterocycles. The van der Waals surface area contributed by atoms with Gasteiger partial charge in [-0.2, -0.15) is 0 Å². The second-order valence-electron chi connectivity index (χ2n) is 11.9. The van der Waals surface area contributed by atoms with Crippen molar-refractivity contribution in [2.24, 2.45) is 0 Å². The molecule has 0 radical (unpaired) electrons. The Bertz CT molecular complexity index is 1360. The monoisotopic (exact) mass is 820 g/mol. The minimum atomic E-state index is -3.08. The molecule has 4 rings (SSSR count). The van der Waals surface area contributed by atoms with Crippen LogP contribution in [-0.2, 0) is 63.4 Å². The van der Waals surface area contributed by atoms with Crippen LogP contribution in [0.1, 0.15) is 22.3 Å². The van der Waals surface area contributed by atoms with E-state index in [-0.39, 0.29) is 67.2 Å². The summed E-state index contributed by atoms with van der Waals surface area (Å²) in [5.74, 6) is 0. The summed E-state index contributed by atoms with van der Waals surface area (Å²) < 4.78 is 43.3. The summed E-state index contributed by atoms with van der Waals surface area (Å²) in [6.45, 7) is 5.15. The molecule has 0 saturated heterocycles. The molecule has 4 atom stereocenters. The SMILES string of the molecule is CP(=O)([O-])CCc1ccccc1.CP(=O)([O-])CCc1ccccc1.CP(=O)([O-])CCc1ccccc1.CP(=O)([O-])CCc1ccccc1.[Mg+2].[Zn+2]. The molecule has 4 aromatic carbocycles. The smallest absolute Gasteiger partial charge is 0.799 e. The quantitative estimate of drug-likeness (QED) is 0.132. The van der Waals surface area contributed by atoms with Gasteiger partial charge in [0.05, 0.1) is 0 Å². The van der Waals surface area contributed by atoms with Gasteiger partial charge >= 0.3 is 42.5 Å². The molecule has 4 aromatic rings. The largest absolute Gasteiger partial charge is 2.00 e. The number of benzene rings is 4. The Kier molecular flexibility index (Phi) is 27.3. The van der Waals surface area contributed by atoms with Crippen LogP contribution in [0.15, 0.2) is 121 Å². The van der Waals surface area contributed by atoms with Crippen LogP contribution in [-0.4, -0.2) is 74.4 Å². The Morgan fingerprint density at radius 2 is 0.500 bits per heavy atom. The summed E-state index contributed by atoms with van der Waals surface area (Å²) in [5, 5.41) is 0. The standard InChI is InChI=1S/4C9H13O2P.Mg.Zn/c4*1-12(10,11)8-7-9-5-3-2-4-6-9;;/h4*2-6H,7-8H2,1H3,(H,10,11);;/q;;;;2*+2/p-4. The molecule has 0 aromatic heterocycles. The van der Waals surface area contributed by atoms with Crippen LogP contribution in [0, 0.1) is 0 Å². The average molecular weight is 822 g/mol. The molecule has 4 unspecified atom stereocenters. The van der Waals surface area contributed by atoms with Crippen molar-refractivity contribution in [1.29, 1.82) is 0 Å². The Morgan fingerprint density at radius 1 is 0.360 bits per heavy atom. The molecule has 0 aliphatic rings. The number of hydrogen-bond acceptors (Lipinski definition) is 8. The zero-order chi connectivity index (χ0) is 36.1. The molecule has 14 heteroatoms. The van der Waals surface area contributed by atoms with Crippen molar-refractivity contribution in [3.63, 3.8) is 0 Å². The summed E-state index contributed by atoms with van der Waals surface area (Å²) in [4.78, 5) is 43.3. The van der Waals surface area contributed by atoms with Gasteiger partial charge in [0.1, 0.15) is 0 Å². The molecule has 0 bridgehead atoms. The average Bonchev–Trinajstić information content (AvgIpc) is 3.03. The zero-order valence-corrected chi connectivity index (χ0v) is 37.6. The summed E-state index contributed by atoms with van der Waals surface area (Å²) >= 11 is 0. The summed E-state index contributed by atoms with van der Waals surface area (Å²) in [7, 11) is -12.3. The van der Waals surface area contributed by atoms with Crippen LogP contribution >= 0.6 is 29.5 Å². The third kappa shape index (κ3) is 32.9. The molecule has 0 N–H and O–H groups in total. The predicted octanol–water partition coefficient (Wildman–Crippen LogP) is 5.61. The van der Waals surface area contributed by atoms with Gasteiger partial charge in [-0.3, -0.25) is 0 Å². The van der Waals surface area contributed by atoms with Crippen molar-refractivity contribution >= 4 is 52.5 Å². The third-order valence-corrected chi connectivity index (χ3v) is 10.7. The van der Waals surface area contributed by atoms with E-state index in [0.29, 0.717) is 25.7 Å². The van der Waals surface area contributed by atoms with Crippen LogP contribution in [0.5, 0.6) is 0 Å². The van der Waals surface area contributed by atoms with Crippen LogP contribution in [0.2, 0.25) is 0 Å². The van der Waals surface area contributed by atoms with Crippen molar-refractivity contribution in [1.82, 2.24) is 0 Å². The summed E-state index contributed by atoms with van der Waals surface area (Å²) in [5.41, 5.74) is 4.32. The van der Waals surface area contributed by atoms with E-state index in [2.05, 4.69) is 0 Å². The van der Waals surface area contributed by atoms with E-state index >= 15 is 0 Å². The van der Waals surface area contributed by atoms with Gasteiger partial charge in [-0.05, 0) is 99.2 Å². The first kappa shape index (κ1) is 51.1. The molecule has 0 aliphatic carbocycles. The normalized spacial score (nSPS) is 14.9. The van der Waals surface area contributed by atoms with Crippen LogP contribution in [0.4, 0.5) is 0 Å². The minimum Gasteiger partial charge on any atom is -0.799 e. The van der Waals surface area contributed by atoms with Gasteiger partial charge in [-0.1, -0.05) is 121 Å². The van der Waals surface area contributed by atoms with Gasteiger partial charge in [0, 0.05) is 29.5 Å². The Labute approximate surface area is 328 Å². The topological polar surface area (TPSA) is 161 Å². The van der Waals surface area contributed by atoms with E-state index in [1.165, 1.54) is 26.7 Å². The molecule has 50 heavy (non-hydrogen) atoms. The number of hydrogen-bond donors (Lipinski definition) is 0. The molecule has 0 spiro atoms. The second kappa shape index (κ2) is 26.7. The summed E-state index contributed by atoms with van der Waals surface area (Å²) in [6, 6.07) is 38.6.